The number of fused-ring (bicyclic) bond motifs is 1. The molecule has 0 saturated carbocycles. The minimum Gasteiger partial charge on any atom is -0.481 e. The predicted molar refractivity (Wildman–Crippen MR) is 183 cm³/mol. The molecule has 8 nitrogen and oxygen atoms in total. The normalized spacial score (nSPS) is 18.2. The fourth-order valence-corrected chi connectivity index (χ4v) is 7.00. The number of ether oxygens (including phenoxy) is 1. The van der Waals surface area contributed by atoms with Crippen molar-refractivity contribution in [2.75, 3.05) is 20.2 Å². The number of rotatable bonds is 11. The Morgan fingerprint density at radius 1 is 0.935 bits per heavy atom. The standard InChI is InChI=1S/C36H39Cl2N5O3/c1-21(44)18-40-29-10-5-11-30-26(29)14-16-31(42-30)27-8-3-6-24(34(27)37)25-7-4-9-28(35(25)38)32-15-12-22(36(43-32)46-2)19-39-20-23-13-17-33(45)41-23/h3-4,6-9,12,14-16,21,23,29,39-40,44H,5,10-11,13,17-20H2,1-2H3,(H,41,45)/t21?,23-,29+/m0/s1. The summed E-state index contributed by atoms with van der Waals surface area (Å²) in [5.41, 5.74) is 7.92. The first-order valence-corrected chi connectivity index (χ1v) is 16.6. The van der Waals surface area contributed by atoms with Gasteiger partial charge in [-0.25, -0.2) is 4.98 Å². The van der Waals surface area contributed by atoms with Crippen molar-refractivity contribution in [2.24, 2.45) is 0 Å². The highest BCUT2D eigenvalue weighted by molar-refractivity contribution is 6.39. The summed E-state index contributed by atoms with van der Waals surface area (Å²) in [6, 6.07) is 20.2. The number of benzene rings is 2. The highest BCUT2D eigenvalue weighted by Gasteiger charge is 2.24. The number of aliphatic hydroxyl groups is 1. The van der Waals surface area contributed by atoms with Crippen LogP contribution in [0.25, 0.3) is 33.6 Å². The lowest BCUT2D eigenvalue weighted by molar-refractivity contribution is -0.119. The third kappa shape index (κ3) is 7.06. The molecule has 4 aromatic rings. The van der Waals surface area contributed by atoms with Crippen LogP contribution in [0.15, 0.2) is 60.7 Å². The molecule has 0 radical (unpaired) electrons. The Balaban J connectivity index is 1.25. The van der Waals surface area contributed by atoms with Crippen LogP contribution in [-0.4, -0.2) is 53.3 Å². The van der Waals surface area contributed by atoms with Crippen molar-refractivity contribution in [3.05, 3.63) is 87.5 Å². The third-order valence-corrected chi connectivity index (χ3v) is 9.53. The second kappa shape index (κ2) is 14.5. The maximum Gasteiger partial charge on any atom is 0.220 e. The fourth-order valence-electron chi connectivity index (χ4n) is 6.35. The van der Waals surface area contributed by atoms with Gasteiger partial charge in [0, 0.05) is 71.6 Å². The molecule has 2 aromatic carbocycles. The van der Waals surface area contributed by atoms with Crippen LogP contribution in [0, 0.1) is 0 Å². The highest BCUT2D eigenvalue weighted by Crippen LogP contribution is 2.42. The minimum atomic E-state index is -0.400. The smallest absolute Gasteiger partial charge is 0.220 e. The monoisotopic (exact) mass is 659 g/mol. The average Bonchev–Trinajstić information content (AvgIpc) is 3.48. The molecule has 0 bridgehead atoms. The molecule has 1 aliphatic carbocycles. The van der Waals surface area contributed by atoms with E-state index in [2.05, 4.69) is 22.0 Å². The molecule has 4 N–H and O–H groups in total. The van der Waals surface area contributed by atoms with Crippen molar-refractivity contribution in [2.45, 2.75) is 63.8 Å². The minimum absolute atomic E-state index is 0.106. The number of nitrogens with one attached hydrogen (secondary N) is 3. The van der Waals surface area contributed by atoms with Crippen molar-refractivity contribution >= 4 is 29.1 Å². The largest absolute Gasteiger partial charge is 0.481 e. The number of carbonyl (C=O) groups excluding carboxylic acids is 1. The molecule has 1 aliphatic heterocycles. The molecule has 1 saturated heterocycles. The van der Waals surface area contributed by atoms with E-state index in [1.165, 1.54) is 5.56 Å². The van der Waals surface area contributed by atoms with E-state index in [9.17, 15) is 9.90 Å². The topological polar surface area (TPSA) is 108 Å². The van der Waals surface area contributed by atoms with Crippen molar-refractivity contribution in [1.82, 2.24) is 25.9 Å². The molecule has 10 heteroatoms. The van der Waals surface area contributed by atoms with E-state index in [1.54, 1.807) is 14.0 Å². The van der Waals surface area contributed by atoms with Crippen LogP contribution in [0.4, 0.5) is 0 Å². The first-order valence-electron chi connectivity index (χ1n) is 15.9. The zero-order chi connectivity index (χ0) is 32.2. The number of aromatic nitrogens is 2. The predicted octanol–water partition coefficient (Wildman–Crippen LogP) is 6.51. The third-order valence-electron chi connectivity index (χ3n) is 8.71. The first kappa shape index (κ1) is 32.4. The number of aryl methyl sites for hydroxylation is 1. The Labute approximate surface area is 279 Å². The van der Waals surface area contributed by atoms with Gasteiger partial charge in [-0.3, -0.25) is 9.78 Å². The second-order valence-electron chi connectivity index (χ2n) is 12.1. The SMILES string of the molecule is COc1nc(-c2cccc(-c3cccc(-c4ccc5c(n4)CCC[C@H]5NCC(C)O)c3Cl)c2Cl)ccc1CNC[C@@H]1CCC(=O)N1. The summed E-state index contributed by atoms with van der Waals surface area (Å²) in [6.07, 6.45) is 3.99. The van der Waals surface area contributed by atoms with E-state index in [-0.39, 0.29) is 18.0 Å². The number of methoxy groups -OCH3 is 1. The molecular weight excluding hydrogens is 621 g/mol. The number of hydrogen-bond donors (Lipinski definition) is 4. The van der Waals surface area contributed by atoms with Gasteiger partial charge < -0.3 is 25.8 Å². The van der Waals surface area contributed by atoms with Crippen molar-refractivity contribution in [3.63, 3.8) is 0 Å². The summed E-state index contributed by atoms with van der Waals surface area (Å²) >= 11 is 14.2. The number of aliphatic hydroxyl groups excluding tert-OH is 1. The van der Waals surface area contributed by atoms with Gasteiger partial charge in [-0.1, -0.05) is 71.7 Å². The Morgan fingerprint density at radius 2 is 1.61 bits per heavy atom. The van der Waals surface area contributed by atoms with Crippen LogP contribution >= 0.6 is 23.2 Å². The summed E-state index contributed by atoms with van der Waals surface area (Å²) in [7, 11) is 1.61. The van der Waals surface area contributed by atoms with Crippen molar-refractivity contribution in [1.29, 1.82) is 0 Å². The number of nitrogens with zero attached hydrogens (tertiary/aromatic N) is 2. The van der Waals surface area contributed by atoms with Crippen LogP contribution in [-0.2, 0) is 17.8 Å². The van der Waals surface area contributed by atoms with Gasteiger partial charge in [0.1, 0.15) is 0 Å². The quantitative estimate of drug-likeness (QED) is 0.145. The summed E-state index contributed by atoms with van der Waals surface area (Å²) in [4.78, 5) is 21.3. The van der Waals surface area contributed by atoms with Crippen LogP contribution in [0.2, 0.25) is 10.0 Å². The highest BCUT2D eigenvalue weighted by atomic mass is 35.5. The molecule has 3 heterocycles. The summed E-state index contributed by atoms with van der Waals surface area (Å²) in [5.74, 6) is 0.623. The molecule has 1 amide bonds. The van der Waals surface area contributed by atoms with Gasteiger partial charge in [0.2, 0.25) is 11.8 Å². The number of carbonyl (C=O) groups is 1. The molecule has 1 fully saturated rings. The number of pyridine rings is 2. The van der Waals surface area contributed by atoms with E-state index in [4.69, 9.17) is 37.9 Å². The fraction of sp³-hybridized carbons (Fsp3) is 0.361. The first-order chi connectivity index (χ1) is 22.3. The molecule has 46 heavy (non-hydrogen) atoms. The van der Waals surface area contributed by atoms with Gasteiger partial charge in [-0.2, -0.15) is 0 Å². The van der Waals surface area contributed by atoms with E-state index < -0.39 is 6.10 Å². The zero-order valence-electron chi connectivity index (χ0n) is 26.1. The number of halogens is 2. The molecule has 6 rings (SSSR count). The van der Waals surface area contributed by atoms with Gasteiger partial charge in [0.15, 0.2) is 0 Å². The Morgan fingerprint density at radius 3 is 2.26 bits per heavy atom. The maximum absolute atomic E-state index is 11.5. The molecule has 3 atom stereocenters. The molecule has 0 spiro atoms. The van der Waals surface area contributed by atoms with Crippen LogP contribution < -0.4 is 20.7 Å². The summed E-state index contributed by atoms with van der Waals surface area (Å²) in [5, 5.41) is 20.7. The molecule has 2 aliphatic rings. The lowest BCUT2D eigenvalue weighted by Crippen LogP contribution is -2.35. The number of hydrogen-bond acceptors (Lipinski definition) is 7. The molecule has 240 valence electrons. The van der Waals surface area contributed by atoms with Crippen LogP contribution in [0.3, 0.4) is 0 Å². The van der Waals surface area contributed by atoms with Gasteiger partial charge in [0.05, 0.1) is 34.6 Å². The van der Waals surface area contributed by atoms with Gasteiger partial charge in [0.25, 0.3) is 0 Å². The van der Waals surface area contributed by atoms with Gasteiger partial charge >= 0.3 is 0 Å². The van der Waals surface area contributed by atoms with E-state index >= 15 is 0 Å². The summed E-state index contributed by atoms with van der Waals surface area (Å²) in [6.45, 7) is 3.59. The summed E-state index contributed by atoms with van der Waals surface area (Å²) < 4.78 is 5.65. The van der Waals surface area contributed by atoms with E-state index in [0.717, 1.165) is 64.9 Å². The number of amides is 1. The zero-order valence-corrected chi connectivity index (χ0v) is 27.6. The Kier molecular flexibility index (Phi) is 10.2. The average molecular weight is 661 g/mol. The Bertz CT molecular complexity index is 1730. The Hall–Kier alpha value is -3.53. The lowest BCUT2D eigenvalue weighted by Gasteiger charge is -2.27. The van der Waals surface area contributed by atoms with Crippen molar-refractivity contribution in [3.8, 4) is 39.5 Å². The molecular formula is C36H39Cl2N5O3. The lowest BCUT2D eigenvalue weighted by atomic mass is 9.90. The van der Waals surface area contributed by atoms with E-state index in [0.29, 0.717) is 47.7 Å². The van der Waals surface area contributed by atoms with E-state index in [1.807, 2.05) is 54.6 Å². The maximum atomic E-state index is 11.5. The van der Waals surface area contributed by atoms with Gasteiger partial charge in [-0.15, -0.1) is 0 Å². The van der Waals surface area contributed by atoms with Crippen molar-refractivity contribution < 1.29 is 14.6 Å². The molecule has 2 aromatic heterocycles. The van der Waals surface area contributed by atoms with Crippen LogP contribution in [0.1, 0.15) is 55.5 Å². The van der Waals surface area contributed by atoms with Gasteiger partial charge in [-0.05, 0) is 50.3 Å². The molecule has 1 unspecified atom stereocenters. The van der Waals surface area contributed by atoms with Crippen LogP contribution in [0.5, 0.6) is 5.88 Å². The second-order valence-corrected chi connectivity index (χ2v) is 12.8.